The van der Waals surface area contributed by atoms with Gasteiger partial charge in [0.05, 0.1) is 18.8 Å². The highest BCUT2D eigenvalue weighted by atomic mass is 127. The Balaban J connectivity index is 1.40. The van der Waals surface area contributed by atoms with Gasteiger partial charge in [-0.2, -0.15) is 0 Å². The summed E-state index contributed by atoms with van der Waals surface area (Å²) in [4.78, 5) is 9.33. The molecule has 22 heavy (non-hydrogen) atoms. The molecule has 0 spiro atoms. The summed E-state index contributed by atoms with van der Waals surface area (Å²) < 4.78 is 11.1. The first-order valence-corrected chi connectivity index (χ1v) is 8.90. The molecule has 2 aliphatic rings. The molecule has 0 atom stereocenters. The minimum atomic E-state index is 0.386. The number of hydrogen-bond acceptors (Lipinski definition) is 5. The van der Waals surface area contributed by atoms with Crippen molar-refractivity contribution in [1.29, 1.82) is 0 Å². The number of anilines is 1. The van der Waals surface area contributed by atoms with E-state index in [2.05, 4.69) is 34.0 Å². The van der Waals surface area contributed by atoms with Gasteiger partial charge in [0.25, 0.3) is 0 Å². The SMILES string of the molecule is CN1CCN(c2ccc(CCO[C@H]3C[C@H](OI)C3)cn2)CC1. The summed E-state index contributed by atoms with van der Waals surface area (Å²) in [6.07, 6.45) is 5.77. The van der Waals surface area contributed by atoms with Gasteiger partial charge in [0.15, 0.2) is 0 Å². The predicted octanol–water partition coefficient (Wildman–Crippen LogP) is 2.29. The van der Waals surface area contributed by atoms with Crippen molar-refractivity contribution >= 4 is 28.8 Å². The third-order valence-electron chi connectivity index (χ3n) is 4.56. The highest BCUT2D eigenvalue weighted by Crippen LogP contribution is 2.27. The standard InChI is InChI=1S/C16H24IN3O2/c1-19-5-7-20(8-6-19)16-3-2-13(12-18-16)4-9-21-14-10-15(11-14)22-17/h2-3,12,14-15H,4-11H2,1H3/t14-,15-. The zero-order valence-corrected chi connectivity index (χ0v) is 15.2. The monoisotopic (exact) mass is 417 g/mol. The maximum absolute atomic E-state index is 5.85. The fourth-order valence-corrected chi connectivity index (χ4v) is 3.27. The largest absolute Gasteiger partial charge is 0.378 e. The molecule has 1 aliphatic carbocycles. The first kappa shape index (κ1) is 16.4. The van der Waals surface area contributed by atoms with Crippen LogP contribution in [0.3, 0.4) is 0 Å². The first-order valence-electron chi connectivity index (χ1n) is 8.02. The van der Waals surface area contributed by atoms with Crippen molar-refractivity contribution in [2.24, 2.45) is 0 Å². The van der Waals surface area contributed by atoms with Crippen molar-refractivity contribution in [3.8, 4) is 0 Å². The average Bonchev–Trinajstić information content (AvgIpc) is 2.51. The smallest absolute Gasteiger partial charge is 0.128 e. The lowest BCUT2D eigenvalue weighted by Crippen LogP contribution is -2.44. The third-order valence-corrected chi connectivity index (χ3v) is 5.28. The zero-order valence-electron chi connectivity index (χ0n) is 13.1. The summed E-state index contributed by atoms with van der Waals surface area (Å²) in [5, 5.41) is 0. The summed E-state index contributed by atoms with van der Waals surface area (Å²) in [5.74, 6) is 1.10. The topological polar surface area (TPSA) is 37.8 Å². The van der Waals surface area contributed by atoms with Crippen LogP contribution in [0.2, 0.25) is 0 Å². The molecule has 1 aliphatic heterocycles. The normalized spacial score (nSPS) is 26.0. The van der Waals surface area contributed by atoms with E-state index in [0.29, 0.717) is 12.2 Å². The van der Waals surface area contributed by atoms with Gasteiger partial charge in [0.2, 0.25) is 0 Å². The van der Waals surface area contributed by atoms with Gasteiger partial charge in [-0.25, -0.2) is 4.98 Å². The Morgan fingerprint density at radius 1 is 1.18 bits per heavy atom. The maximum atomic E-state index is 5.85. The molecule has 1 saturated heterocycles. The number of ether oxygens (including phenoxy) is 1. The highest BCUT2D eigenvalue weighted by Gasteiger charge is 2.30. The second kappa shape index (κ2) is 7.90. The second-order valence-corrected chi connectivity index (χ2v) is 6.75. The van der Waals surface area contributed by atoms with Crippen LogP contribution in [0.4, 0.5) is 5.82 Å². The number of likely N-dealkylation sites (N-methyl/N-ethyl adjacent to an activating group) is 1. The number of nitrogens with zero attached hydrogens (tertiary/aromatic N) is 3. The minimum absolute atomic E-state index is 0.386. The fourth-order valence-electron chi connectivity index (χ4n) is 2.86. The van der Waals surface area contributed by atoms with Gasteiger partial charge in [-0.1, -0.05) is 6.07 Å². The van der Waals surface area contributed by atoms with E-state index >= 15 is 0 Å². The fraction of sp³-hybridized carbons (Fsp3) is 0.688. The van der Waals surface area contributed by atoms with Crippen LogP contribution in [-0.2, 0) is 14.2 Å². The molecule has 0 unspecified atom stereocenters. The molecule has 1 aromatic rings. The van der Waals surface area contributed by atoms with Crippen molar-refractivity contribution in [2.75, 3.05) is 44.7 Å². The van der Waals surface area contributed by atoms with E-state index in [-0.39, 0.29) is 0 Å². The van der Waals surface area contributed by atoms with Crippen LogP contribution in [0.15, 0.2) is 18.3 Å². The molecular weight excluding hydrogens is 393 g/mol. The molecule has 122 valence electrons. The van der Waals surface area contributed by atoms with Crippen LogP contribution >= 0.6 is 23.0 Å². The van der Waals surface area contributed by atoms with Gasteiger partial charge in [0, 0.05) is 45.2 Å². The van der Waals surface area contributed by atoms with Gasteiger partial charge in [-0.05, 0) is 25.1 Å². The summed E-state index contributed by atoms with van der Waals surface area (Å²) >= 11 is 1.97. The van der Waals surface area contributed by atoms with Crippen molar-refractivity contribution in [3.05, 3.63) is 23.9 Å². The van der Waals surface area contributed by atoms with Crippen LogP contribution in [0.25, 0.3) is 0 Å². The lowest BCUT2D eigenvalue weighted by molar-refractivity contribution is -0.0471. The van der Waals surface area contributed by atoms with E-state index in [1.165, 1.54) is 5.56 Å². The number of aromatic nitrogens is 1. The molecule has 2 fully saturated rings. The minimum Gasteiger partial charge on any atom is -0.378 e. The van der Waals surface area contributed by atoms with Gasteiger partial charge >= 0.3 is 0 Å². The van der Waals surface area contributed by atoms with Crippen LogP contribution in [0, 0.1) is 0 Å². The summed E-state index contributed by atoms with van der Waals surface area (Å²) in [7, 11) is 2.17. The Hall–Kier alpha value is -0.440. The first-order chi connectivity index (χ1) is 10.7. The molecule has 0 bridgehead atoms. The van der Waals surface area contributed by atoms with E-state index in [1.807, 2.05) is 29.2 Å². The van der Waals surface area contributed by atoms with Crippen LogP contribution in [0.1, 0.15) is 18.4 Å². The Labute approximate surface area is 146 Å². The van der Waals surface area contributed by atoms with Crippen LogP contribution in [0.5, 0.6) is 0 Å². The Kier molecular flexibility index (Phi) is 5.89. The molecule has 0 radical (unpaired) electrons. The quantitative estimate of drug-likeness (QED) is 0.665. The molecule has 6 heteroatoms. The molecular formula is C16H24IN3O2. The summed E-state index contributed by atoms with van der Waals surface area (Å²) in [6, 6.07) is 4.32. The predicted molar refractivity (Wildman–Crippen MR) is 95.5 cm³/mol. The average molecular weight is 417 g/mol. The molecule has 0 amide bonds. The second-order valence-electron chi connectivity index (χ2n) is 6.24. The van der Waals surface area contributed by atoms with E-state index in [1.54, 1.807) is 0 Å². The van der Waals surface area contributed by atoms with E-state index in [4.69, 9.17) is 7.80 Å². The summed E-state index contributed by atoms with van der Waals surface area (Å²) in [5.41, 5.74) is 1.25. The lowest BCUT2D eigenvalue weighted by Gasteiger charge is -2.33. The Morgan fingerprint density at radius 3 is 2.59 bits per heavy atom. The van der Waals surface area contributed by atoms with Gasteiger partial charge in [-0.3, -0.25) is 0 Å². The Bertz CT molecular complexity index is 457. The van der Waals surface area contributed by atoms with Crippen LogP contribution in [-0.4, -0.2) is 61.9 Å². The van der Waals surface area contributed by atoms with Crippen LogP contribution < -0.4 is 4.90 Å². The number of rotatable bonds is 6. The highest BCUT2D eigenvalue weighted by molar-refractivity contribution is 14.1. The summed E-state index contributed by atoms with van der Waals surface area (Å²) in [6.45, 7) is 5.12. The van der Waals surface area contributed by atoms with Crippen molar-refractivity contribution < 1.29 is 7.80 Å². The molecule has 1 aromatic heterocycles. The number of piperazine rings is 1. The molecule has 3 rings (SSSR count). The molecule has 0 aromatic carbocycles. The van der Waals surface area contributed by atoms with Crippen molar-refractivity contribution in [1.82, 2.24) is 9.88 Å². The van der Waals surface area contributed by atoms with Gasteiger partial charge in [0.1, 0.15) is 28.8 Å². The molecule has 2 heterocycles. The molecule has 5 nitrogen and oxygen atoms in total. The van der Waals surface area contributed by atoms with E-state index in [0.717, 1.165) is 57.9 Å². The number of halogens is 1. The van der Waals surface area contributed by atoms with Gasteiger partial charge < -0.3 is 17.6 Å². The van der Waals surface area contributed by atoms with Gasteiger partial charge in [-0.15, -0.1) is 0 Å². The molecule has 0 N–H and O–H groups in total. The van der Waals surface area contributed by atoms with Crippen molar-refractivity contribution in [2.45, 2.75) is 31.5 Å². The zero-order chi connectivity index (χ0) is 15.4. The van der Waals surface area contributed by atoms with Crippen molar-refractivity contribution in [3.63, 3.8) is 0 Å². The molecule has 1 saturated carbocycles. The van der Waals surface area contributed by atoms with E-state index in [9.17, 15) is 0 Å². The van der Waals surface area contributed by atoms with E-state index < -0.39 is 0 Å². The number of pyridine rings is 1. The third kappa shape index (κ3) is 4.31. The Morgan fingerprint density at radius 2 is 1.95 bits per heavy atom. The lowest BCUT2D eigenvalue weighted by atomic mass is 9.92. The maximum Gasteiger partial charge on any atom is 0.128 e. The number of hydrogen-bond donors (Lipinski definition) is 0.